The van der Waals surface area contributed by atoms with Gasteiger partial charge >= 0.3 is 5.97 Å². The Morgan fingerprint density at radius 1 is 0.644 bits per heavy atom. The summed E-state index contributed by atoms with van der Waals surface area (Å²) in [6.45, 7) is 7.92. The number of rotatable bonds is 28. The standard InChI is InChI=1S/C53H66N6O14/c1-6-35-21-39-29-54-44-27-48(46(66-4)25-42(44)52(63)58(39)31-35)72-33-37-23-41(71-14-12-57(11-8-9-51(61)62)50(60)10-13-68-17-18-70-20-19-69-16-15-65-3)24-38(56-37)34-73-49-28-45-43(26-47(49)67-5)53(64)59-32-36(7-2)22-40(59)30-55-45/h6-7,23-30,39-40H,8-22,31-34H2,1-5H3,(H,61,62)/b35-6+,36-7+/t39-,40?/m0/s1. The van der Waals surface area contributed by atoms with Crippen LogP contribution in [0, 0.1) is 0 Å². The van der Waals surface area contributed by atoms with Gasteiger partial charge in [-0.05, 0) is 45.2 Å². The van der Waals surface area contributed by atoms with Crippen LogP contribution in [0.4, 0.5) is 11.4 Å². The topological polar surface area (TPSA) is 219 Å². The van der Waals surface area contributed by atoms with Gasteiger partial charge in [-0.3, -0.25) is 34.1 Å². The highest BCUT2D eigenvalue weighted by Crippen LogP contribution is 2.41. The van der Waals surface area contributed by atoms with Crippen molar-refractivity contribution < 1.29 is 66.9 Å². The molecule has 3 amide bonds. The van der Waals surface area contributed by atoms with Gasteiger partial charge in [-0.15, -0.1) is 0 Å². The molecule has 7 rings (SSSR count). The second kappa shape index (κ2) is 26.7. The fraction of sp³-hybridized carbons (Fsp3) is 0.491. The number of amides is 3. The van der Waals surface area contributed by atoms with Crippen molar-refractivity contribution in [2.45, 2.75) is 71.2 Å². The molecule has 1 aromatic heterocycles. The number of ether oxygens (including phenoxy) is 9. The lowest BCUT2D eigenvalue weighted by Gasteiger charge is -2.23. The van der Waals surface area contributed by atoms with E-state index >= 15 is 0 Å². The molecule has 20 heteroatoms. The monoisotopic (exact) mass is 1010 g/mol. The van der Waals surface area contributed by atoms with Crippen LogP contribution in [-0.2, 0) is 41.8 Å². The third kappa shape index (κ3) is 14.4. The zero-order valence-corrected chi connectivity index (χ0v) is 42.3. The number of aliphatic carboxylic acids is 1. The van der Waals surface area contributed by atoms with Crippen molar-refractivity contribution in [3.05, 3.63) is 82.2 Å². The molecule has 2 atom stereocenters. The van der Waals surface area contributed by atoms with E-state index < -0.39 is 5.97 Å². The molecule has 20 nitrogen and oxygen atoms in total. The molecule has 2 aromatic carbocycles. The van der Waals surface area contributed by atoms with Crippen LogP contribution in [-0.4, -0.2) is 173 Å². The molecule has 2 fully saturated rings. The summed E-state index contributed by atoms with van der Waals surface area (Å²) in [6.07, 6.45) is 9.34. The molecule has 5 heterocycles. The quantitative estimate of drug-likeness (QED) is 0.0635. The summed E-state index contributed by atoms with van der Waals surface area (Å²) in [5.41, 5.74) is 4.98. The van der Waals surface area contributed by atoms with Gasteiger partial charge in [-0.2, -0.15) is 0 Å². The number of methoxy groups -OCH3 is 3. The Balaban J connectivity index is 1.06. The van der Waals surface area contributed by atoms with Crippen LogP contribution in [0.25, 0.3) is 0 Å². The van der Waals surface area contributed by atoms with Crippen LogP contribution in [0.15, 0.2) is 69.7 Å². The molecule has 1 unspecified atom stereocenters. The number of carbonyl (C=O) groups is 4. The Hall–Kier alpha value is -6.87. The van der Waals surface area contributed by atoms with E-state index in [2.05, 4.69) is 0 Å². The normalized spacial score (nSPS) is 17.8. The maximum atomic E-state index is 13.7. The number of carboxylic acid groups (broad SMARTS) is 1. The number of nitrogens with zero attached hydrogens (tertiary/aromatic N) is 6. The van der Waals surface area contributed by atoms with Crippen LogP contribution in [0.1, 0.15) is 78.1 Å². The maximum Gasteiger partial charge on any atom is 0.303 e. The lowest BCUT2D eigenvalue weighted by atomic mass is 10.1. The Labute approximate surface area is 425 Å². The molecule has 4 aliphatic rings. The Morgan fingerprint density at radius 3 is 1.63 bits per heavy atom. The number of allylic oxidation sites excluding steroid dienone is 2. The average Bonchev–Trinajstić information content (AvgIpc) is 3.97. The van der Waals surface area contributed by atoms with E-state index in [0.717, 1.165) is 12.8 Å². The van der Waals surface area contributed by atoms with Crippen molar-refractivity contribution in [1.29, 1.82) is 0 Å². The minimum atomic E-state index is -0.959. The van der Waals surface area contributed by atoms with Crippen molar-refractivity contribution in [1.82, 2.24) is 19.7 Å². The van der Waals surface area contributed by atoms with E-state index in [9.17, 15) is 24.3 Å². The van der Waals surface area contributed by atoms with Crippen LogP contribution in [0.5, 0.6) is 28.7 Å². The predicted molar refractivity (Wildman–Crippen MR) is 269 cm³/mol. The third-order valence-electron chi connectivity index (χ3n) is 12.7. The summed E-state index contributed by atoms with van der Waals surface area (Å²) in [5, 5.41) is 9.33. The average molecular weight is 1010 g/mol. The Kier molecular flexibility index (Phi) is 19.7. The van der Waals surface area contributed by atoms with Gasteiger partial charge in [0.05, 0.1) is 119 Å². The van der Waals surface area contributed by atoms with Crippen molar-refractivity contribution >= 4 is 47.5 Å². The summed E-state index contributed by atoms with van der Waals surface area (Å²) in [4.78, 5) is 71.8. The summed E-state index contributed by atoms with van der Waals surface area (Å²) in [7, 11) is 4.61. The van der Waals surface area contributed by atoms with Gasteiger partial charge in [0.1, 0.15) is 25.6 Å². The van der Waals surface area contributed by atoms with E-state index in [1.54, 1.807) is 60.8 Å². The number of benzene rings is 2. The molecule has 392 valence electrons. The van der Waals surface area contributed by atoms with E-state index in [1.807, 2.05) is 35.8 Å². The molecule has 0 radical (unpaired) electrons. The Morgan fingerprint density at radius 2 is 1.15 bits per heavy atom. The Bertz CT molecular complexity index is 2430. The number of hydrogen-bond donors (Lipinski definition) is 1. The highest BCUT2D eigenvalue weighted by Gasteiger charge is 2.36. The van der Waals surface area contributed by atoms with Gasteiger partial charge in [-0.25, -0.2) is 0 Å². The smallest absolute Gasteiger partial charge is 0.303 e. The number of hydrogen-bond acceptors (Lipinski definition) is 16. The summed E-state index contributed by atoms with van der Waals surface area (Å²) >= 11 is 0. The van der Waals surface area contributed by atoms with Gasteiger partial charge in [-0.1, -0.05) is 23.3 Å². The van der Waals surface area contributed by atoms with Crippen LogP contribution in [0.3, 0.4) is 0 Å². The van der Waals surface area contributed by atoms with Crippen LogP contribution >= 0.6 is 0 Å². The highest BCUT2D eigenvalue weighted by molar-refractivity contribution is 6.05. The molecule has 4 aliphatic heterocycles. The molecule has 0 saturated carbocycles. The highest BCUT2D eigenvalue weighted by atomic mass is 16.6. The number of pyridine rings is 1. The van der Waals surface area contributed by atoms with Gasteiger partial charge in [0.25, 0.3) is 11.8 Å². The van der Waals surface area contributed by atoms with Gasteiger partial charge in [0, 0.05) is 69.9 Å². The van der Waals surface area contributed by atoms with E-state index in [-0.39, 0.29) is 88.6 Å². The fourth-order valence-electron chi connectivity index (χ4n) is 8.74. The molecular weight excluding hydrogens is 945 g/mol. The first-order valence-electron chi connectivity index (χ1n) is 24.5. The summed E-state index contributed by atoms with van der Waals surface area (Å²) < 4.78 is 52.0. The molecule has 0 spiro atoms. The number of aromatic nitrogens is 1. The molecule has 2 saturated heterocycles. The molecule has 0 bridgehead atoms. The van der Waals surface area contributed by atoms with Crippen molar-refractivity contribution in [3.8, 4) is 28.7 Å². The van der Waals surface area contributed by atoms with Gasteiger partial charge in [0.2, 0.25) is 5.91 Å². The maximum absolute atomic E-state index is 13.7. The lowest BCUT2D eigenvalue weighted by Crippen LogP contribution is -2.36. The molecule has 73 heavy (non-hydrogen) atoms. The SMILES string of the molecule is C/C=C1\CC2C=Nc3cc(OCc4cc(OCCN(CCCC(=O)O)C(=O)CCOCCOCCOCCOC)cc(COc5cc6c(cc5OC)C(=O)N5C/C(=C/C)C[C@H]5C=N6)n4)c(OC)cc3C(=O)N2C1. The summed E-state index contributed by atoms with van der Waals surface area (Å²) in [5.74, 6) is 0.303. The molecular formula is C53H66N6O14. The molecule has 0 aliphatic carbocycles. The molecule has 3 aromatic rings. The second-order valence-electron chi connectivity index (χ2n) is 17.6. The lowest BCUT2D eigenvalue weighted by molar-refractivity contribution is -0.138. The van der Waals surface area contributed by atoms with Crippen LogP contribution < -0.4 is 23.7 Å². The minimum absolute atomic E-state index is 0.0566. The van der Waals surface area contributed by atoms with Crippen LogP contribution in [0.2, 0.25) is 0 Å². The van der Waals surface area contributed by atoms with E-state index in [4.69, 9.17) is 57.6 Å². The van der Waals surface area contributed by atoms with Crippen molar-refractivity contribution in [3.63, 3.8) is 0 Å². The first-order chi connectivity index (χ1) is 35.5. The largest absolute Gasteiger partial charge is 0.493 e. The number of fused-ring (bicyclic) bond motifs is 4. The zero-order chi connectivity index (χ0) is 51.7. The van der Waals surface area contributed by atoms with E-state index in [1.165, 1.54) is 25.4 Å². The third-order valence-corrected chi connectivity index (χ3v) is 12.7. The summed E-state index contributed by atoms with van der Waals surface area (Å²) in [6, 6.07) is 9.78. The van der Waals surface area contributed by atoms with Crippen molar-refractivity contribution in [2.75, 3.05) is 100 Å². The predicted octanol–water partition coefficient (Wildman–Crippen LogP) is 6.17. The number of carbonyl (C=O) groups excluding carboxylic acids is 3. The van der Waals surface area contributed by atoms with E-state index in [0.29, 0.717) is 115 Å². The number of carboxylic acids is 1. The minimum Gasteiger partial charge on any atom is -0.493 e. The molecule has 1 N–H and O–H groups in total. The van der Waals surface area contributed by atoms with Gasteiger partial charge in [0.15, 0.2) is 23.0 Å². The zero-order valence-electron chi connectivity index (χ0n) is 42.3. The second-order valence-corrected chi connectivity index (χ2v) is 17.6. The first kappa shape index (κ1) is 53.9. The first-order valence-corrected chi connectivity index (χ1v) is 24.5. The number of aliphatic imine (C=N–C) groups is 2. The fourth-order valence-corrected chi connectivity index (χ4v) is 8.74. The van der Waals surface area contributed by atoms with Gasteiger partial charge < -0.3 is 62.4 Å². The van der Waals surface area contributed by atoms with Crippen molar-refractivity contribution in [2.24, 2.45) is 9.98 Å².